The van der Waals surface area contributed by atoms with E-state index in [1.54, 1.807) is 0 Å². The van der Waals surface area contributed by atoms with Crippen molar-refractivity contribution in [1.29, 1.82) is 0 Å². The van der Waals surface area contributed by atoms with Gasteiger partial charge in [-0.2, -0.15) is 11.8 Å². The largest absolute Gasteiger partial charge is 0.313 e. The number of hydrogen-bond donors (Lipinski definition) is 1. The van der Waals surface area contributed by atoms with E-state index in [-0.39, 0.29) is 0 Å². The average Bonchev–Trinajstić information content (AvgIpc) is 2.67. The van der Waals surface area contributed by atoms with E-state index in [4.69, 9.17) is 0 Å². The summed E-state index contributed by atoms with van der Waals surface area (Å²) in [4.78, 5) is 0. The van der Waals surface area contributed by atoms with Gasteiger partial charge in [0, 0.05) is 11.8 Å². The van der Waals surface area contributed by atoms with Gasteiger partial charge in [0.15, 0.2) is 0 Å². The number of hydrogen-bond acceptors (Lipinski definition) is 2. The number of nitrogens with one attached hydrogen (secondary N) is 1. The molecule has 1 rings (SSSR count). The first-order valence-electron chi connectivity index (χ1n) is 6.85. The summed E-state index contributed by atoms with van der Waals surface area (Å²) >= 11 is 2.16. The van der Waals surface area contributed by atoms with Crippen LogP contribution in [0.5, 0.6) is 0 Å². The molecule has 2 heteroatoms. The Morgan fingerprint density at radius 1 is 1.25 bits per heavy atom. The van der Waals surface area contributed by atoms with Gasteiger partial charge in [-0.3, -0.25) is 0 Å². The fourth-order valence-corrected chi connectivity index (χ4v) is 4.05. The first-order chi connectivity index (χ1) is 7.54. The fourth-order valence-electron chi connectivity index (χ4n) is 2.39. The standard InChI is InChI=1S/C14H29NS/c1-5-15-13(14(2,3)4)11-16-10-12-8-6-7-9-12/h12-13,15H,5-11H2,1-4H3. The third-order valence-electron chi connectivity index (χ3n) is 3.61. The molecule has 0 amide bonds. The molecule has 1 fully saturated rings. The average molecular weight is 243 g/mol. The minimum absolute atomic E-state index is 0.388. The molecule has 16 heavy (non-hydrogen) atoms. The SMILES string of the molecule is CCNC(CSCC1CCCC1)C(C)(C)C. The van der Waals surface area contributed by atoms with Crippen LogP contribution in [-0.4, -0.2) is 24.1 Å². The summed E-state index contributed by atoms with van der Waals surface area (Å²) in [5, 5.41) is 3.63. The van der Waals surface area contributed by atoms with E-state index in [0.717, 1.165) is 12.5 Å². The smallest absolute Gasteiger partial charge is 0.0206 e. The Labute approximate surface area is 106 Å². The molecule has 1 nitrogen and oxygen atoms in total. The van der Waals surface area contributed by atoms with Gasteiger partial charge in [-0.1, -0.05) is 40.5 Å². The first-order valence-corrected chi connectivity index (χ1v) is 8.00. The molecule has 0 bridgehead atoms. The molecular weight excluding hydrogens is 214 g/mol. The summed E-state index contributed by atoms with van der Waals surface area (Å²) in [5.74, 6) is 3.68. The van der Waals surface area contributed by atoms with E-state index in [1.807, 2.05) is 0 Å². The van der Waals surface area contributed by atoms with E-state index >= 15 is 0 Å². The minimum Gasteiger partial charge on any atom is -0.313 e. The van der Waals surface area contributed by atoms with Crippen LogP contribution in [0.2, 0.25) is 0 Å². The second-order valence-electron chi connectivity index (χ2n) is 6.16. The monoisotopic (exact) mass is 243 g/mol. The molecule has 1 aliphatic rings. The zero-order chi connectivity index (χ0) is 12.0. The second kappa shape index (κ2) is 6.90. The Balaban J connectivity index is 2.21. The maximum Gasteiger partial charge on any atom is 0.0206 e. The first kappa shape index (κ1) is 14.4. The van der Waals surface area contributed by atoms with Crippen molar-refractivity contribution < 1.29 is 0 Å². The quantitative estimate of drug-likeness (QED) is 0.758. The van der Waals surface area contributed by atoms with Gasteiger partial charge in [0.05, 0.1) is 0 Å². The lowest BCUT2D eigenvalue weighted by Crippen LogP contribution is -2.42. The van der Waals surface area contributed by atoms with Gasteiger partial charge >= 0.3 is 0 Å². The topological polar surface area (TPSA) is 12.0 Å². The lowest BCUT2D eigenvalue weighted by atomic mass is 9.88. The van der Waals surface area contributed by atoms with Crippen molar-refractivity contribution in [2.24, 2.45) is 11.3 Å². The molecule has 0 aromatic heterocycles. The Morgan fingerprint density at radius 2 is 1.88 bits per heavy atom. The molecule has 0 spiro atoms. The van der Waals surface area contributed by atoms with Crippen LogP contribution in [-0.2, 0) is 0 Å². The highest BCUT2D eigenvalue weighted by Gasteiger charge is 2.24. The summed E-state index contributed by atoms with van der Waals surface area (Å²) in [5.41, 5.74) is 0.388. The van der Waals surface area contributed by atoms with Gasteiger partial charge in [-0.05, 0) is 36.5 Å². The Kier molecular flexibility index (Phi) is 6.20. The molecule has 0 aliphatic heterocycles. The molecule has 96 valence electrons. The van der Waals surface area contributed by atoms with Crippen LogP contribution in [0.1, 0.15) is 53.4 Å². The molecule has 1 unspecified atom stereocenters. The fraction of sp³-hybridized carbons (Fsp3) is 1.00. The molecule has 0 aromatic carbocycles. The Hall–Kier alpha value is 0.310. The summed E-state index contributed by atoms with van der Waals surface area (Å²) in [6.45, 7) is 10.3. The van der Waals surface area contributed by atoms with Crippen LogP contribution >= 0.6 is 11.8 Å². The van der Waals surface area contributed by atoms with Crippen molar-refractivity contribution in [3.05, 3.63) is 0 Å². The van der Waals surface area contributed by atoms with Crippen molar-refractivity contribution in [2.45, 2.75) is 59.4 Å². The molecule has 1 saturated carbocycles. The highest BCUT2D eigenvalue weighted by atomic mass is 32.2. The zero-order valence-corrected chi connectivity index (χ0v) is 12.3. The Bertz CT molecular complexity index is 180. The van der Waals surface area contributed by atoms with Crippen molar-refractivity contribution in [1.82, 2.24) is 5.32 Å². The lowest BCUT2D eigenvalue weighted by Gasteiger charge is -2.31. The van der Waals surface area contributed by atoms with Crippen molar-refractivity contribution in [3.8, 4) is 0 Å². The van der Waals surface area contributed by atoms with E-state index < -0.39 is 0 Å². The zero-order valence-electron chi connectivity index (χ0n) is 11.5. The number of rotatable bonds is 6. The normalized spacial score (nSPS) is 20.2. The van der Waals surface area contributed by atoms with Crippen LogP contribution in [0.25, 0.3) is 0 Å². The predicted octanol–water partition coefficient (Wildman–Crippen LogP) is 3.93. The van der Waals surface area contributed by atoms with Gasteiger partial charge in [-0.25, -0.2) is 0 Å². The van der Waals surface area contributed by atoms with Crippen LogP contribution in [0.15, 0.2) is 0 Å². The Morgan fingerprint density at radius 3 is 2.38 bits per heavy atom. The van der Waals surface area contributed by atoms with Crippen molar-refractivity contribution in [2.75, 3.05) is 18.1 Å². The molecule has 1 atom stereocenters. The van der Waals surface area contributed by atoms with E-state index in [1.165, 1.54) is 37.2 Å². The minimum atomic E-state index is 0.388. The number of thioether (sulfide) groups is 1. The summed E-state index contributed by atoms with van der Waals surface area (Å²) in [6.07, 6.45) is 5.91. The van der Waals surface area contributed by atoms with Gasteiger partial charge in [0.1, 0.15) is 0 Å². The molecule has 1 N–H and O–H groups in total. The summed E-state index contributed by atoms with van der Waals surface area (Å²) in [7, 11) is 0. The molecule has 0 radical (unpaired) electrons. The van der Waals surface area contributed by atoms with Crippen LogP contribution in [0.4, 0.5) is 0 Å². The molecule has 1 aliphatic carbocycles. The highest BCUT2D eigenvalue weighted by Crippen LogP contribution is 2.29. The van der Waals surface area contributed by atoms with Gasteiger partial charge in [-0.15, -0.1) is 0 Å². The van der Waals surface area contributed by atoms with E-state index in [9.17, 15) is 0 Å². The van der Waals surface area contributed by atoms with Gasteiger partial charge < -0.3 is 5.32 Å². The lowest BCUT2D eigenvalue weighted by molar-refractivity contribution is 0.295. The maximum atomic E-state index is 3.63. The highest BCUT2D eigenvalue weighted by molar-refractivity contribution is 7.99. The summed E-state index contributed by atoms with van der Waals surface area (Å²) < 4.78 is 0. The van der Waals surface area contributed by atoms with E-state index in [0.29, 0.717) is 11.5 Å². The third-order valence-corrected chi connectivity index (χ3v) is 4.88. The molecule has 0 heterocycles. The van der Waals surface area contributed by atoms with Gasteiger partial charge in [0.2, 0.25) is 0 Å². The van der Waals surface area contributed by atoms with Crippen LogP contribution < -0.4 is 5.32 Å². The predicted molar refractivity (Wildman–Crippen MR) is 76.2 cm³/mol. The van der Waals surface area contributed by atoms with Crippen LogP contribution in [0.3, 0.4) is 0 Å². The maximum absolute atomic E-state index is 3.63. The second-order valence-corrected chi connectivity index (χ2v) is 7.24. The third kappa shape index (κ3) is 5.09. The van der Waals surface area contributed by atoms with Crippen molar-refractivity contribution >= 4 is 11.8 Å². The molecular formula is C14H29NS. The van der Waals surface area contributed by atoms with Crippen LogP contribution in [0, 0.1) is 11.3 Å². The van der Waals surface area contributed by atoms with Crippen molar-refractivity contribution in [3.63, 3.8) is 0 Å². The molecule has 0 aromatic rings. The van der Waals surface area contributed by atoms with Gasteiger partial charge in [0.25, 0.3) is 0 Å². The summed E-state index contributed by atoms with van der Waals surface area (Å²) in [6, 6.07) is 0.656. The van der Waals surface area contributed by atoms with E-state index in [2.05, 4.69) is 44.8 Å². The molecule has 0 saturated heterocycles.